The summed E-state index contributed by atoms with van der Waals surface area (Å²) < 4.78 is 78.5. The Balaban J connectivity index is 3.12. The topological polar surface area (TPSA) is 12.9 Å². The average Bonchev–Trinajstić information content (AvgIpc) is 2.30. The van der Waals surface area contributed by atoms with Crippen molar-refractivity contribution in [3.05, 3.63) is 35.0 Å². The number of benzene rings is 1. The van der Waals surface area contributed by atoms with Gasteiger partial charge < -0.3 is 0 Å². The lowest BCUT2D eigenvalue weighted by molar-refractivity contribution is 0.428. The number of hydrogen-bond acceptors (Lipinski definition) is 1. The number of halogens is 6. The van der Waals surface area contributed by atoms with Gasteiger partial charge in [0.05, 0.1) is 5.39 Å². The average molecular weight is 249 g/mol. The minimum absolute atomic E-state index is 0.784. The van der Waals surface area contributed by atoms with Crippen LogP contribution < -0.4 is 5.46 Å². The van der Waals surface area contributed by atoms with Crippen LogP contribution in [-0.4, -0.2) is 12.8 Å². The van der Waals surface area contributed by atoms with E-state index in [4.69, 9.17) is 0 Å². The molecule has 2 rings (SSSR count). The molecule has 88 valence electrons. The molecule has 1 heterocycles. The third kappa shape index (κ3) is 1.47. The molecule has 0 saturated heterocycles. The smallest absolute Gasteiger partial charge is 0.214 e. The summed E-state index contributed by atoms with van der Waals surface area (Å²) in [5.41, 5.74) is -1.87. The lowest BCUT2D eigenvalue weighted by Gasteiger charge is -2.07. The van der Waals surface area contributed by atoms with Gasteiger partial charge in [0.15, 0.2) is 17.5 Å². The molecule has 0 bridgehead atoms. The lowest BCUT2D eigenvalue weighted by atomic mass is 9.92. The van der Waals surface area contributed by atoms with Crippen molar-refractivity contribution in [1.82, 2.24) is 4.98 Å². The van der Waals surface area contributed by atoms with Gasteiger partial charge in [-0.25, -0.2) is 22.5 Å². The molecule has 0 fully saturated rings. The molecule has 0 atom stereocenters. The van der Waals surface area contributed by atoms with Crippen molar-refractivity contribution in [1.29, 1.82) is 0 Å². The summed E-state index contributed by atoms with van der Waals surface area (Å²) in [6.45, 7) is 0. The molecule has 1 aromatic carbocycles. The van der Waals surface area contributed by atoms with Crippen LogP contribution in [0.5, 0.6) is 0 Å². The number of rotatable bonds is 0. The molecule has 1 nitrogen and oxygen atoms in total. The first-order valence-electron chi connectivity index (χ1n) is 4.33. The molecule has 0 aliphatic heterocycles. The molecule has 2 aromatic rings. The number of aromatic nitrogens is 1. The SMILES string of the molecule is Bc1c(F)c(F)c2c(F)c(F)c(F)nc2c1F. The predicted molar refractivity (Wildman–Crippen MR) is 49.7 cm³/mol. The lowest BCUT2D eigenvalue weighted by Crippen LogP contribution is -2.19. The molecule has 0 aliphatic rings. The van der Waals surface area contributed by atoms with Crippen molar-refractivity contribution in [3.8, 4) is 0 Å². The van der Waals surface area contributed by atoms with Crippen LogP contribution in [-0.2, 0) is 0 Å². The Morgan fingerprint density at radius 3 is 1.82 bits per heavy atom. The number of pyridine rings is 1. The van der Waals surface area contributed by atoms with E-state index in [0.29, 0.717) is 0 Å². The summed E-state index contributed by atoms with van der Waals surface area (Å²) in [7, 11) is 0.869. The van der Waals surface area contributed by atoms with Crippen LogP contribution in [0.4, 0.5) is 26.3 Å². The third-order valence-electron chi connectivity index (χ3n) is 2.32. The fourth-order valence-electron chi connectivity index (χ4n) is 1.41. The van der Waals surface area contributed by atoms with E-state index in [-0.39, 0.29) is 0 Å². The van der Waals surface area contributed by atoms with Gasteiger partial charge in [-0.2, -0.15) is 8.78 Å². The molecule has 0 radical (unpaired) electrons. The summed E-state index contributed by atoms with van der Waals surface area (Å²) in [5, 5.41) is -1.34. The summed E-state index contributed by atoms with van der Waals surface area (Å²) >= 11 is 0. The molecule has 0 amide bonds. The highest BCUT2D eigenvalue weighted by molar-refractivity contribution is 6.33. The largest absolute Gasteiger partial charge is 0.252 e. The second-order valence-corrected chi connectivity index (χ2v) is 3.32. The molecule has 0 aliphatic carbocycles. The fourth-order valence-corrected chi connectivity index (χ4v) is 1.41. The van der Waals surface area contributed by atoms with Gasteiger partial charge in [-0.05, 0) is 5.46 Å². The minimum Gasteiger partial charge on any atom is -0.214 e. The predicted octanol–water partition coefficient (Wildman–Crippen LogP) is 1.33. The first kappa shape index (κ1) is 11.8. The van der Waals surface area contributed by atoms with Gasteiger partial charge in [0.2, 0.25) is 5.82 Å². The molecule has 0 N–H and O–H groups in total. The molecular formula is C9H2BF6N. The van der Waals surface area contributed by atoms with Crippen LogP contribution in [0, 0.1) is 35.0 Å². The monoisotopic (exact) mass is 249 g/mol. The van der Waals surface area contributed by atoms with Gasteiger partial charge in [-0.15, -0.1) is 0 Å². The zero-order valence-electron chi connectivity index (χ0n) is 8.22. The van der Waals surface area contributed by atoms with Gasteiger partial charge in [0, 0.05) is 0 Å². The third-order valence-corrected chi connectivity index (χ3v) is 2.32. The van der Waals surface area contributed by atoms with Gasteiger partial charge >= 0.3 is 0 Å². The Morgan fingerprint density at radius 1 is 0.706 bits per heavy atom. The maximum atomic E-state index is 13.4. The Bertz CT molecular complexity index is 633. The van der Waals surface area contributed by atoms with E-state index in [0.717, 1.165) is 7.85 Å². The van der Waals surface area contributed by atoms with Crippen LogP contribution in [0.15, 0.2) is 0 Å². The van der Waals surface area contributed by atoms with E-state index in [1.165, 1.54) is 0 Å². The van der Waals surface area contributed by atoms with E-state index in [9.17, 15) is 26.3 Å². The van der Waals surface area contributed by atoms with Gasteiger partial charge in [-0.3, -0.25) is 0 Å². The normalized spacial score (nSPS) is 11.2. The standard InChI is InChI=1S/C9H2BF6N/c10-2-5(13)3(11)1-4(12)7(15)9(16)17-8(1)6(2)14/h10H2. The van der Waals surface area contributed by atoms with Crippen molar-refractivity contribution in [3.63, 3.8) is 0 Å². The Kier molecular flexibility index (Phi) is 2.52. The van der Waals surface area contributed by atoms with Crippen molar-refractivity contribution >= 4 is 24.2 Å². The van der Waals surface area contributed by atoms with E-state index < -0.39 is 51.4 Å². The maximum Gasteiger partial charge on any atom is 0.252 e. The molecule has 0 spiro atoms. The number of fused-ring (bicyclic) bond motifs is 1. The molecule has 0 saturated carbocycles. The Hall–Kier alpha value is -1.73. The zero-order chi connectivity index (χ0) is 12.9. The minimum atomic E-state index is -2.08. The second-order valence-electron chi connectivity index (χ2n) is 3.32. The highest BCUT2D eigenvalue weighted by Gasteiger charge is 2.25. The fraction of sp³-hybridized carbons (Fsp3) is 0. The molecular weight excluding hydrogens is 247 g/mol. The van der Waals surface area contributed by atoms with E-state index >= 15 is 0 Å². The first-order chi connectivity index (χ1) is 7.86. The van der Waals surface area contributed by atoms with Crippen molar-refractivity contribution in [2.45, 2.75) is 0 Å². The molecule has 1 aromatic heterocycles. The van der Waals surface area contributed by atoms with Gasteiger partial charge in [0.25, 0.3) is 5.95 Å². The van der Waals surface area contributed by atoms with Crippen LogP contribution >= 0.6 is 0 Å². The van der Waals surface area contributed by atoms with Crippen LogP contribution in [0.1, 0.15) is 0 Å². The van der Waals surface area contributed by atoms with E-state index in [1.807, 2.05) is 0 Å². The molecule has 17 heavy (non-hydrogen) atoms. The Morgan fingerprint density at radius 2 is 1.24 bits per heavy atom. The highest BCUT2D eigenvalue weighted by Crippen LogP contribution is 2.25. The molecule has 0 unspecified atom stereocenters. The quantitative estimate of drug-likeness (QED) is 0.297. The number of nitrogens with zero attached hydrogens (tertiary/aromatic N) is 1. The molecule has 8 heteroatoms. The first-order valence-corrected chi connectivity index (χ1v) is 4.33. The Labute approximate surface area is 91.5 Å². The van der Waals surface area contributed by atoms with E-state index in [1.54, 1.807) is 0 Å². The van der Waals surface area contributed by atoms with Gasteiger partial charge in [0.1, 0.15) is 19.2 Å². The maximum absolute atomic E-state index is 13.4. The summed E-state index contributed by atoms with van der Waals surface area (Å²) in [6.07, 6.45) is 0. The summed E-state index contributed by atoms with van der Waals surface area (Å²) in [4.78, 5) is 2.74. The van der Waals surface area contributed by atoms with Crippen molar-refractivity contribution in [2.24, 2.45) is 0 Å². The van der Waals surface area contributed by atoms with Crippen LogP contribution in [0.2, 0.25) is 0 Å². The van der Waals surface area contributed by atoms with Crippen LogP contribution in [0.3, 0.4) is 0 Å². The zero-order valence-corrected chi connectivity index (χ0v) is 8.22. The summed E-state index contributed by atoms with van der Waals surface area (Å²) in [6, 6.07) is 0. The van der Waals surface area contributed by atoms with Crippen molar-refractivity contribution < 1.29 is 26.3 Å². The second kappa shape index (κ2) is 3.64. The van der Waals surface area contributed by atoms with Gasteiger partial charge in [-0.1, -0.05) is 0 Å². The highest BCUT2D eigenvalue weighted by atomic mass is 19.2. The van der Waals surface area contributed by atoms with Crippen LogP contribution in [0.25, 0.3) is 10.9 Å². The van der Waals surface area contributed by atoms with Crippen molar-refractivity contribution in [2.75, 3.05) is 0 Å². The number of hydrogen-bond donors (Lipinski definition) is 0. The van der Waals surface area contributed by atoms with E-state index in [2.05, 4.69) is 4.98 Å². The summed E-state index contributed by atoms with van der Waals surface area (Å²) in [5.74, 6) is -10.9.